The van der Waals surface area contributed by atoms with Crippen LogP contribution in [-0.4, -0.2) is 44.1 Å². The Balaban J connectivity index is 1.70. The number of nitriles is 1. The molecule has 3 N–H and O–H groups in total. The normalized spacial score (nSPS) is 15.8. The van der Waals surface area contributed by atoms with E-state index in [1.807, 2.05) is 0 Å². The molecule has 0 spiro atoms. The summed E-state index contributed by atoms with van der Waals surface area (Å²) in [5.41, 5.74) is -0.414. The fourth-order valence-electron chi connectivity index (χ4n) is 4.04. The molecule has 1 amide bonds. The number of aliphatic hydroxyl groups excluding tert-OH is 1. The highest BCUT2D eigenvalue weighted by atomic mass is 35.5. The molecule has 4 rings (SSSR count). The number of aromatic nitrogens is 3. The molecule has 9 nitrogen and oxygen atoms in total. The molecule has 1 aromatic carbocycles. The first-order valence-corrected chi connectivity index (χ1v) is 12.5. The van der Waals surface area contributed by atoms with E-state index in [4.69, 9.17) is 27.9 Å². The molecule has 2 atom stereocenters. The zero-order valence-corrected chi connectivity index (χ0v) is 22.2. The van der Waals surface area contributed by atoms with Gasteiger partial charge in [-0.15, -0.1) is 5.10 Å². The molecule has 39 heavy (non-hydrogen) atoms. The maximum Gasteiger partial charge on any atom is 0.422 e. The van der Waals surface area contributed by atoms with E-state index >= 15 is 0 Å². The second-order valence-electron chi connectivity index (χ2n) is 9.27. The van der Waals surface area contributed by atoms with E-state index in [-0.39, 0.29) is 38.7 Å². The second kappa shape index (κ2) is 11.0. The van der Waals surface area contributed by atoms with Crippen LogP contribution in [0.25, 0.3) is 5.82 Å². The molecule has 2 unspecified atom stereocenters. The lowest BCUT2D eigenvalue weighted by Crippen LogP contribution is -2.45. The SMILES string of the molecule is Cc1cc(Cl)cc(C(O)NC(C)(C#N)C2CC2)c1NC(=O)c1cc(OCC(F)(F)F)nn1-c1ncccc1Cl. The molecule has 206 valence electrons. The van der Waals surface area contributed by atoms with E-state index in [1.165, 1.54) is 24.4 Å². The highest BCUT2D eigenvalue weighted by Gasteiger charge is 2.43. The van der Waals surface area contributed by atoms with Crippen molar-refractivity contribution >= 4 is 34.8 Å². The number of aliphatic hydroxyl groups is 1. The number of halogens is 5. The summed E-state index contributed by atoms with van der Waals surface area (Å²) in [6, 6.07) is 9.22. The number of hydrogen-bond acceptors (Lipinski definition) is 7. The smallest absolute Gasteiger partial charge is 0.422 e. The Labute approximate surface area is 231 Å². The molecular weight excluding hydrogens is 560 g/mol. The molecule has 0 saturated heterocycles. The molecule has 1 aliphatic rings. The van der Waals surface area contributed by atoms with Gasteiger partial charge in [0.15, 0.2) is 12.4 Å². The Morgan fingerprint density at radius 2 is 2.05 bits per heavy atom. The quantitative estimate of drug-likeness (QED) is 0.290. The van der Waals surface area contributed by atoms with Crippen LogP contribution in [0.15, 0.2) is 36.5 Å². The Morgan fingerprint density at radius 3 is 2.67 bits per heavy atom. The van der Waals surface area contributed by atoms with E-state index < -0.39 is 36.3 Å². The van der Waals surface area contributed by atoms with E-state index in [0.29, 0.717) is 5.56 Å². The number of nitrogens with zero attached hydrogens (tertiary/aromatic N) is 4. The minimum absolute atomic E-state index is 0.0184. The largest absolute Gasteiger partial charge is 0.467 e. The summed E-state index contributed by atoms with van der Waals surface area (Å²) in [4.78, 5) is 17.6. The maximum absolute atomic E-state index is 13.5. The van der Waals surface area contributed by atoms with Gasteiger partial charge in [-0.3, -0.25) is 10.1 Å². The number of alkyl halides is 3. The third-order valence-electron chi connectivity index (χ3n) is 6.17. The van der Waals surface area contributed by atoms with Gasteiger partial charge in [0, 0.05) is 22.8 Å². The summed E-state index contributed by atoms with van der Waals surface area (Å²) in [5.74, 6) is -1.25. The van der Waals surface area contributed by atoms with Crippen molar-refractivity contribution < 1.29 is 27.8 Å². The molecule has 2 heterocycles. The highest BCUT2D eigenvalue weighted by molar-refractivity contribution is 6.32. The van der Waals surface area contributed by atoms with Crippen LogP contribution in [0, 0.1) is 24.2 Å². The van der Waals surface area contributed by atoms with E-state index in [1.54, 1.807) is 19.9 Å². The van der Waals surface area contributed by atoms with Gasteiger partial charge in [0.25, 0.3) is 5.91 Å². The van der Waals surface area contributed by atoms with Crippen LogP contribution < -0.4 is 15.4 Å². The molecule has 1 saturated carbocycles. The van der Waals surface area contributed by atoms with Crippen LogP contribution >= 0.6 is 23.2 Å². The Kier molecular flexibility index (Phi) is 8.09. The summed E-state index contributed by atoms with van der Waals surface area (Å²) >= 11 is 12.4. The molecule has 14 heteroatoms. The van der Waals surface area contributed by atoms with Crippen LogP contribution in [0.5, 0.6) is 5.88 Å². The number of carbonyl (C=O) groups is 1. The van der Waals surface area contributed by atoms with E-state index in [2.05, 4.69) is 26.8 Å². The molecule has 1 aliphatic carbocycles. The molecule has 1 fully saturated rings. The van der Waals surface area contributed by atoms with Gasteiger partial charge >= 0.3 is 6.18 Å². The van der Waals surface area contributed by atoms with Crippen molar-refractivity contribution in [1.82, 2.24) is 20.1 Å². The van der Waals surface area contributed by atoms with Crippen molar-refractivity contribution in [2.24, 2.45) is 5.92 Å². The highest BCUT2D eigenvalue weighted by Crippen LogP contribution is 2.41. The number of ether oxygens (including phenoxy) is 1. The van der Waals surface area contributed by atoms with Gasteiger partial charge in [-0.2, -0.15) is 18.4 Å². The van der Waals surface area contributed by atoms with Gasteiger partial charge in [0.2, 0.25) is 5.88 Å². The summed E-state index contributed by atoms with van der Waals surface area (Å²) in [7, 11) is 0. The maximum atomic E-state index is 13.5. The zero-order chi connectivity index (χ0) is 28.5. The number of benzene rings is 1. The molecular formula is C25H23Cl2F3N6O3. The molecule has 0 bridgehead atoms. The summed E-state index contributed by atoms with van der Waals surface area (Å²) in [6.45, 7) is 1.70. The van der Waals surface area contributed by atoms with Crippen molar-refractivity contribution in [1.29, 1.82) is 5.26 Å². The van der Waals surface area contributed by atoms with E-state index in [0.717, 1.165) is 23.6 Å². The second-order valence-corrected chi connectivity index (χ2v) is 10.1. The Morgan fingerprint density at radius 1 is 1.33 bits per heavy atom. The van der Waals surface area contributed by atoms with Crippen molar-refractivity contribution in [2.45, 2.75) is 44.6 Å². The number of aryl methyl sites for hydroxylation is 1. The standard InChI is InChI=1S/C25H23Cl2F3N6O3/c1-13-8-15(26)9-16(22(37)34-24(2,11-31)14-5-6-14)20(13)33-23(38)18-10-19(39-12-25(28,29)30)35-36(18)21-17(27)4-3-7-32-21/h3-4,7-10,14,22,34,37H,5-6,12H2,1-2H3,(H,33,38). The first-order chi connectivity index (χ1) is 18.3. The topological polar surface area (TPSA) is 125 Å². The molecule has 0 radical (unpaired) electrons. The van der Waals surface area contributed by atoms with Crippen LogP contribution in [0.3, 0.4) is 0 Å². The average molecular weight is 583 g/mol. The lowest BCUT2D eigenvalue weighted by molar-refractivity contribution is -0.154. The summed E-state index contributed by atoms with van der Waals surface area (Å²) in [5, 5.41) is 30.7. The molecule has 3 aromatic rings. The van der Waals surface area contributed by atoms with Gasteiger partial charge in [-0.1, -0.05) is 23.2 Å². The van der Waals surface area contributed by atoms with Crippen molar-refractivity contribution in [2.75, 3.05) is 11.9 Å². The minimum atomic E-state index is -4.63. The van der Waals surface area contributed by atoms with Crippen LogP contribution in [0.2, 0.25) is 10.0 Å². The lowest BCUT2D eigenvalue weighted by Gasteiger charge is -2.28. The monoisotopic (exact) mass is 582 g/mol. The third-order valence-corrected chi connectivity index (χ3v) is 6.68. The number of carbonyl (C=O) groups excluding carboxylic acids is 1. The average Bonchev–Trinajstić information content (AvgIpc) is 3.64. The number of rotatable bonds is 9. The van der Waals surface area contributed by atoms with Crippen LogP contribution in [0.1, 0.15) is 47.6 Å². The first-order valence-electron chi connectivity index (χ1n) is 11.7. The fraction of sp³-hybridized carbons (Fsp3) is 0.360. The van der Waals surface area contributed by atoms with Gasteiger partial charge in [0.1, 0.15) is 17.5 Å². The van der Waals surface area contributed by atoms with Crippen LogP contribution in [-0.2, 0) is 0 Å². The number of hydrogen-bond donors (Lipinski definition) is 3. The summed E-state index contributed by atoms with van der Waals surface area (Å²) < 4.78 is 43.9. The summed E-state index contributed by atoms with van der Waals surface area (Å²) in [6.07, 6.45) is -2.98. The predicted octanol–water partition coefficient (Wildman–Crippen LogP) is 5.35. The minimum Gasteiger partial charge on any atom is -0.467 e. The Bertz CT molecular complexity index is 1440. The number of pyridine rings is 1. The van der Waals surface area contributed by atoms with Crippen molar-refractivity contribution in [3.63, 3.8) is 0 Å². The van der Waals surface area contributed by atoms with Crippen molar-refractivity contribution in [3.8, 4) is 17.8 Å². The first kappa shape index (κ1) is 28.6. The van der Waals surface area contributed by atoms with E-state index in [9.17, 15) is 28.3 Å². The fourth-order valence-corrected chi connectivity index (χ4v) is 4.52. The number of amides is 1. The van der Waals surface area contributed by atoms with Gasteiger partial charge in [-0.25, -0.2) is 9.67 Å². The molecule has 2 aromatic heterocycles. The number of anilines is 1. The van der Waals surface area contributed by atoms with Gasteiger partial charge in [0.05, 0.1) is 16.8 Å². The van der Waals surface area contributed by atoms with Gasteiger partial charge in [-0.05, 0) is 62.4 Å². The van der Waals surface area contributed by atoms with Gasteiger partial charge < -0.3 is 15.2 Å². The zero-order valence-electron chi connectivity index (χ0n) is 20.7. The molecule has 0 aliphatic heterocycles. The predicted molar refractivity (Wildman–Crippen MR) is 137 cm³/mol. The third kappa shape index (κ3) is 6.62. The lowest BCUT2D eigenvalue weighted by atomic mass is 9.96. The van der Waals surface area contributed by atoms with Crippen LogP contribution in [0.4, 0.5) is 18.9 Å². The number of nitrogens with one attached hydrogen (secondary N) is 2. The Hall–Kier alpha value is -3.37. The van der Waals surface area contributed by atoms with Crippen molar-refractivity contribution in [3.05, 3.63) is 63.4 Å².